The molecule has 10 aromatic carbocycles. The molecule has 0 aliphatic carbocycles. The van der Waals surface area contributed by atoms with Crippen LogP contribution in [-0.2, 0) is 27.1 Å². The Morgan fingerprint density at radius 1 is 0.303 bits per heavy atom. The predicted octanol–water partition coefficient (Wildman–Crippen LogP) is 22.4. The second-order valence-corrected chi connectivity index (χ2v) is 32.4. The Hall–Kier alpha value is -8.36. The maximum Gasteiger partial charge on any atom is 0.252 e. The molecule has 0 amide bonds. The molecule has 0 radical (unpaired) electrons. The number of hydrogen-bond donors (Lipinski definition) is 0. The molecule has 2 aliphatic heterocycles. The Morgan fingerprint density at radius 3 is 1.25 bits per heavy atom. The summed E-state index contributed by atoms with van der Waals surface area (Å²) in [5, 5.41) is 5.17. The van der Waals surface area contributed by atoms with E-state index in [1.54, 1.807) is 0 Å². The van der Waals surface area contributed by atoms with E-state index in [0.717, 1.165) is 34.1 Å². The number of aromatic nitrogens is 1. The molecule has 0 bridgehead atoms. The zero-order valence-corrected chi connectivity index (χ0v) is 55.9. The van der Waals surface area contributed by atoms with E-state index in [0.29, 0.717) is 0 Å². The standard InChI is InChI=1S/C82H79BN4S2/c1-78(2,3)50-27-35-55(36-28-50)84(56-37-29-51(30-38-56)79(4,5)6)59-43-44-65-68(47-59)86(67-24-20-23-62-61-21-16-18-25-71(61)88-76(62)67)69-48-60(85(57-39-31-52(32-40-57)80(7,8)9)58-41-33-53(34-42-58)81(10,11)12)49-70-73(69)83(65)66-46-54(82(13,14)15)45-64-74(66)87(70)75-63-22-17-19-26-72(63)89-77(64)75/h16-49H,1-15H3. The molecule has 3 aromatic heterocycles. The Labute approximate surface area is 534 Å². The Morgan fingerprint density at radius 2 is 0.730 bits per heavy atom. The maximum absolute atomic E-state index is 2.70. The van der Waals surface area contributed by atoms with Gasteiger partial charge in [0.05, 0.1) is 31.8 Å². The molecule has 13 aromatic rings. The van der Waals surface area contributed by atoms with Crippen LogP contribution >= 0.6 is 22.7 Å². The van der Waals surface area contributed by atoms with Crippen LogP contribution in [0.4, 0.5) is 51.2 Å². The quantitative estimate of drug-likeness (QED) is 0.148. The van der Waals surface area contributed by atoms with Crippen LogP contribution in [0, 0.1) is 0 Å². The van der Waals surface area contributed by atoms with Crippen LogP contribution in [0.3, 0.4) is 0 Å². The number of fused-ring (bicyclic) bond motifs is 12. The van der Waals surface area contributed by atoms with Crippen molar-refractivity contribution >= 4 is 148 Å². The van der Waals surface area contributed by atoms with Crippen LogP contribution in [0.5, 0.6) is 0 Å². The van der Waals surface area contributed by atoms with Gasteiger partial charge < -0.3 is 19.3 Å². The molecular formula is C82H79BN4S2. The van der Waals surface area contributed by atoms with Crippen LogP contribution in [0.15, 0.2) is 206 Å². The number of nitrogens with zero attached hydrogens (tertiary/aromatic N) is 4. The highest BCUT2D eigenvalue weighted by Crippen LogP contribution is 2.52. The summed E-state index contributed by atoms with van der Waals surface area (Å²) in [6.07, 6.45) is 0. The molecule has 15 rings (SSSR count). The van der Waals surface area contributed by atoms with Crippen molar-refractivity contribution in [3.8, 4) is 5.69 Å². The van der Waals surface area contributed by atoms with Gasteiger partial charge in [0.2, 0.25) is 0 Å². The molecule has 0 fully saturated rings. The molecule has 89 heavy (non-hydrogen) atoms. The predicted molar refractivity (Wildman–Crippen MR) is 391 cm³/mol. The third-order valence-electron chi connectivity index (χ3n) is 19.1. The highest BCUT2D eigenvalue weighted by Gasteiger charge is 2.45. The summed E-state index contributed by atoms with van der Waals surface area (Å²) in [6.45, 7) is 34.7. The Kier molecular flexibility index (Phi) is 12.9. The van der Waals surface area contributed by atoms with Gasteiger partial charge in [0.15, 0.2) is 0 Å². The van der Waals surface area contributed by atoms with Gasteiger partial charge in [0, 0.05) is 76.4 Å². The average Bonchev–Trinajstić information content (AvgIpc) is 1.63. The Balaban J connectivity index is 1.09. The van der Waals surface area contributed by atoms with Gasteiger partial charge >= 0.3 is 0 Å². The minimum absolute atomic E-state index is 0.00186. The molecule has 442 valence electrons. The van der Waals surface area contributed by atoms with Crippen molar-refractivity contribution in [1.82, 2.24) is 4.57 Å². The van der Waals surface area contributed by atoms with E-state index in [9.17, 15) is 0 Å². The van der Waals surface area contributed by atoms with Gasteiger partial charge in [0.1, 0.15) is 0 Å². The number of benzene rings is 10. The zero-order valence-electron chi connectivity index (χ0n) is 54.3. The smallest absolute Gasteiger partial charge is 0.252 e. The monoisotopic (exact) mass is 1190 g/mol. The van der Waals surface area contributed by atoms with E-state index in [1.807, 2.05) is 22.7 Å². The van der Waals surface area contributed by atoms with E-state index in [1.165, 1.54) is 118 Å². The molecule has 0 atom stereocenters. The van der Waals surface area contributed by atoms with E-state index in [2.05, 4.69) is 329 Å². The summed E-state index contributed by atoms with van der Waals surface area (Å²) in [5.41, 5.74) is 24.4. The topological polar surface area (TPSA) is 14.7 Å². The first kappa shape index (κ1) is 57.1. The van der Waals surface area contributed by atoms with Crippen LogP contribution in [0.2, 0.25) is 0 Å². The van der Waals surface area contributed by atoms with Crippen molar-refractivity contribution in [2.75, 3.05) is 14.7 Å². The summed E-state index contributed by atoms with van der Waals surface area (Å²) in [5.74, 6) is 0. The minimum atomic E-state index is -0.121. The van der Waals surface area contributed by atoms with E-state index < -0.39 is 0 Å². The molecule has 0 N–H and O–H groups in total. The fraction of sp³-hybridized carbons (Fsp3) is 0.244. The summed E-state index contributed by atoms with van der Waals surface area (Å²) >= 11 is 3.85. The van der Waals surface area contributed by atoms with Gasteiger partial charge in [-0.1, -0.05) is 213 Å². The van der Waals surface area contributed by atoms with Crippen LogP contribution in [0.25, 0.3) is 57.1 Å². The molecule has 0 saturated heterocycles. The van der Waals surface area contributed by atoms with Crippen molar-refractivity contribution in [3.63, 3.8) is 0 Å². The van der Waals surface area contributed by atoms with Crippen LogP contribution in [-0.4, -0.2) is 11.3 Å². The molecule has 0 saturated carbocycles. The first-order valence-corrected chi connectivity index (χ1v) is 33.5. The number of hydrogen-bond acceptors (Lipinski definition) is 5. The molecule has 0 unspecified atom stereocenters. The largest absolute Gasteiger partial charge is 0.310 e. The highest BCUT2D eigenvalue weighted by molar-refractivity contribution is 7.27. The SMILES string of the molecule is CC(C)(C)c1ccc(N(c2ccc(C(C)(C)C)cc2)c2ccc3c(c2)N(c2cccc4c2sc2ccccc24)c2cc(N(c4ccc(C(C)(C)C)cc4)c4ccc(C(C)(C)C)cc4)cc4c2B3c2cc(C(C)(C)C)cc3c5sc6ccccc6c5n-4c23)cc1. The Bertz CT molecular complexity index is 4850. The summed E-state index contributed by atoms with van der Waals surface area (Å²) < 4.78 is 7.90. The fourth-order valence-corrected chi connectivity index (χ4v) is 16.6. The van der Waals surface area contributed by atoms with Gasteiger partial charge in [-0.15, -0.1) is 22.7 Å². The van der Waals surface area contributed by atoms with Crippen molar-refractivity contribution < 1.29 is 0 Å². The molecule has 4 nitrogen and oxygen atoms in total. The average molecular weight is 1200 g/mol. The number of thiophene rings is 2. The summed E-state index contributed by atoms with van der Waals surface area (Å²) in [6, 6.07) is 80.2. The third kappa shape index (κ3) is 9.35. The van der Waals surface area contributed by atoms with Crippen molar-refractivity contribution in [1.29, 1.82) is 0 Å². The molecular weight excluding hydrogens is 1120 g/mol. The van der Waals surface area contributed by atoms with Gasteiger partial charge in [-0.05, 0) is 168 Å². The second kappa shape index (κ2) is 20.1. The lowest BCUT2D eigenvalue weighted by Crippen LogP contribution is -2.60. The maximum atomic E-state index is 2.70. The van der Waals surface area contributed by atoms with Gasteiger partial charge in [-0.2, -0.15) is 0 Å². The number of anilines is 9. The first-order chi connectivity index (χ1) is 42.3. The lowest BCUT2D eigenvalue weighted by atomic mass is 9.33. The van der Waals surface area contributed by atoms with Crippen LogP contribution < -0.4 is 31.1 Å². The molecule has 2 aliphatic rings. The van der Waals surface area contributed by atoms with E-state index in [-0.39, 0.29) is 33.8 Å². The first-order valence-electron chi connectivity index (χ1n) is 31.8. The summed E-state index contributed by atoms with van der Waals surface area (Å²) in [7, 11) is 0. The van der Waals surface area contributed by atoms with Gasteiger partial charge in [0.25, 0.3) is 6.71 Å². The number of rotatable bonds is 7. The summed E-state index contributed by atoms with van der Waals surface area (Å²) in [4.78, 5) is 7.70. The van der Waals surface area contributed by atoms with Crippen LogP contribution in [0.1, 0.15) is 132 Å². The van der Waals surface area contributed by atoms with Crippen molar-refractivity contribution in [2.45, 2.75) is 131 Å². The lowest BCUT2D eigenvalue weighted by Gasteiger charge is -2.42. The fourth-order valence-electron chi connectivity index (χ4n) is 14.1. The highest BCUT2D eigenvalue weighted by atomic mass is 32.1. The van der Waals surface area contributed by atoms with Crippen molar-refractivity contribution in [2.24, 2.45) is 0 Å². The van der Waals surface area contributed by atoms with Gasteiger partial charge in [-0.3, -0.25) is 0 Å². The van der Waals surface area contributed by atoms with E-state index in [4.69, 9.17) is 0 Å². The zero-order chi connectivity index (χ0) is 62.0. The molecule has 7 heteroatoms. The molecule has 5 heterocycles. The van der Waals surface area contributed by atoms with Crippen molar-refractivity contribution in [3.05, 3.63) is 234 Å². The van der Waals surface area contributed by atoms with Gasteiger partial charge in [-0.25, -0.2) is 0 Å². The lowest BCUT2D eigenvalue weighted by molar-refractivity contribution is 0.590. The minimum Gasteiger partial charge on any atom is -0.310 e. The third-order valence-corrected chi connectivity index (χ3v) is 21.5. The molecule has 0 spiro atoms. The second-order valence-electron chi connectivity index (χ2n) is 30.3. The normalized spacial score (nSPS) is 13.5. The van der Waals surface area contributed by atoms with E-state index >= 15 is 0 Å².